The highest BCUT2D eigenvalue weighted by Crippen LogP contribution is 2.28. The number of carbonyl (C=O) groups is 1. The van der Waals surface area contributed by atoms with Crippen molar-refractivity contribution in [2.75, 3.05) is 13.7 Å². The molecule has 0 aliphatic rings. The maximum atomic E-state index is 12.2. The normalized spacial score (nSPS) is 10.5. The molecule has 0 amide bonds. The summed E-state index contributed by atoms with van der Waals surface area (Å²) in [7, 11) is 1.51. The van der Waals surface area contributed by atoms with Gasteiger partial charge in [-0.15, -0.1) is 0 Å². The van der Waals surface area contributed by atoms with Gasteiger partial charge in [0.15, 0.2) is 18.1 Å². The highest BCUT2D eigenvalue weighted by atomic mass is 32.1. The Morgan fingerprint density at radius 1 is 1.28 bits per heavy atom. The van der Waals surface area contributed by atoms with Crippen molar-refractivity contribution in [1.29, 1.82) is 0 Å². The summed E-state index contributed by atoms with van der Waals surface area (Å²) in [5.41, 5.74) is 1.21. The van der Waals surface area contributed by atoms with E-state index in [1.54, 1.807) is 18.2 Å². The lowest BCUT2D eigenvalue weighted by molar-refractivity contribution is 0.0429. The van der Waals surface area contributed by atoms with Gasteiger partial charge >= 0.3 is 5.97 Å². The lowest BCUT2D eigenvalue weighted by atomic mass is 10.2. The number of hydrogen-bond donors (Lipinski definition) is 0. The van der Waals surface area contributed by atoms with Crippen LogP contribution in [0.15, 0.2) is 39.5 Å². The second-order valence-electron chi connectivity index (χ2n) is 4.90. The number of benzene rings is 1. The van der Waals surface area contributed by atoms with Crippen LogP contribution in [0.3, 0.4) is 0 Å². The summed E-state index contributed by atoms with van der Waals surface area (Å²) in [6, 6.07) is 6.73. The van der Waals surface area contributed by atoms with Crippen molar-refractivity contribution in [3.05, 3.63) is 46.5 Å². The van der Waals surface area contributed by atoms with Gasteiger partial charge in [0, 0.05) is 10.9 Å². The van der Waals surface area contributed by atoms with E-state index in [4.69, 9.17) is 18.7 Å². The Morgan fingerprint density at radius 3 is 2.88 bits per heavy atom. The van der Waals surface area contributed by atoms with Crippen molar-refractivity contribution in [3.63, 3.8) is 0 Å². The van der Waals surface area contributed by atoms with Crippen molar-refractivity contribution in [3.8, 4) is 22.9 Å². The van der Waals surface area contributed by atoms with Crippen LogP contribution in [0.2, 0.25) is 0 Å². The number of rotatable bonds is 7. The zero-order chi connectivity index (χ0) is 17.6. The van der Waals surface area contributed by atoms with Gasteiger partial charge in [0.2, 0.25) is 5.82 Å². The number of nitrogens with zero attached hydrogens (tertiary/aromatic N) is 2. The van der Waals surface area contributed by atoms with Crippen molar-refractivity contribution < 1.29 is 23.5 Å². The number of carbonyl (C=O) groups excluding carboxylic acids is 1. The molecule has 8 heteroatoms. The van der Waals surface area contributed by atoms with E-state index in [1.165, 1.54) is 18.4 Å². The van der Waals surface area contributed by atoms with Crippen LogP contribution in [-0.2, 0) is 11.3 Å². The summed E-state index contributed by atoms with van der Waals surface area (Å²) in [6.45, 7) is 2.27. The predicted octanol–water partition coefficient (Wildman–Crippen LogP) is 3.56. The summed E-state index contributed by atoms with van der Waals surface area (Å²) in [6.07, 6.45) is 0. The summed E-state index contributed by atoms with van der Waals surface area (Å²) in [4.78, 5) is 16.4. The van der Waals surface area contributed by atoms with Crippen LogP contribution in [0, 0.1) is 0 Å². The quantitative estimate of drug-likeness (QED) is 0.596. The second kappa shape index (κ2) is 7.80. The maximum absolute atomic E-state index is 12.2. The average Bonchev–Trinajstić information content (AvgIpc) is 3.31. The number of methoxy groups -OCH3 is 1. The van der Waals surface area contributed by atoms with Crippen molar-refractivity contribution in [1.82, 2.24) is 10.1 Å². The zero-order valence-corrected chi connectivity index (χ0v) is 14.5. The molecule has 0 spiro atoms. The molecule has 0 aliphatic carbocycles. The smallest absolute Gasteiger partial charge is 0.338 e. The average molecular weight is 360 g/mol. The first-order valence-electron chi connectivity index (χ1n) is 7.54. The first-order valence-corrected chi connectivity index (χ1v) is 8.48. The van der Waals surface area contributed by atoms with Gasteiger partial charge in [-0.25, -0.2) is 4.79 Å². The van der Waals surface area contributed by atoms with Crippen molar-refractivity contribution in [2.24, 2.45) is 0 Å². The van der Waals surface area contributed by atoms with Gasteiger partial charge in [0.1, 0.15) is 0 Å². The first kappa shape index (κ1) is 17.0. The minimum Gasteiger partial charge on any atom is -0.493 e. The standard InChI is InChI=1S/C17H16N2O5S/c1-3-22-13-5-4-11(8-14(13)21-2)17(20)23-9-15-18-16(19-24-15)12-6-7-25-10-12/h4-8,10H,3,9H2,1-2H3. The van der Waals surface area contributed by atoms with E-state index in [9.17, 15) is 4.79 Å². The van der Waals surface area contributed by atoms with Gasteiger partial charge in [0.25, 0.3) is 5.89 Å². The fourth-order valence-electron chi connectivity index (χ4n) is 2.10. The summed E-state index contributed by atoms with van der Waals surface area (Å²) < 4.78 is 21.0. The molecule has 0 unspecified atom stereocenters. The Morgan fingerprint density at radius 2 is 2.16 bits per heavy atom. The summed E-state index contributed by atoms with van der Waals surface area (Å²) in [5.74, 6) is 1.21. The van der Waals surface area contributed by atoms with Gasteiger partial charge in [-0.3, -0.25) is 0 Å². The van der Waals surface area contributed by atoms with Crippen molar-refractivity contribution >= 4 is 17.3 Å². The molecule has 0 N–H and O–H groups in total. The molecule has 130 valence electrons. The first-order chi connectivity index (χ1) is 12.2. The molecule has 0 fully saturated rings. The molecular formula is C17H16N2O5S. The largest absolute Gasteiger partial charge is 0.493 e. The molecule has 25 heavy (non-hydrogen) atoms. The predicted molar refractivity (Wildman–Crippen MR) is 90.9 cm³/mol. The highest BCUT2D eigenvalue weighted by Gasteiger charge is 2.15. The van der Waals surface area contributed by atoms with Gasteiger partial charge in [0.05, 0.1) is 19.3 Å². The van der Waals surface area contributed by atoms with Gasteiger partial charge in [-0.05, 0) is 36.6 Å². The van der Waals surface area contributed by atoms with Crippen LogP contribution >= 0.6 is 11.3 Å². The molecule has 2 aromatic heterocycles. The third-order valence-corrected chi connectivity index (χ3v) is 3.96. The van der Waals surface area contributed by atoms with Gasteiger partial charge in [-0.2, -0.15) is 16.3 Å². The van der Waals surface area contributed by atoms with Gasteiger partial charge in [-0.1, -0.05) is 5.16 Å². The van der Waals surface area contributed by atoms with E-state index in [0.717, 1.165) is 5.56 Å². The summed E-state index contributed by atoms with van der Waals surface area (Å²) >= 11 is 1.54. The van der Waals surface area contributed by atoms with E-state index >= 15 is 0 Å². The van der Waals surface area contributed by atoms with Crippen LogP contribution in [0.4, 0.5) is 0 Å². The lowest BCUT2D eigenvalue weighted by Crippen LogP contribution is -2.06. The molecule has 0 atom stereocenters. The monoisotopic (exact) mass is 360 g/mol. The molecule has 0 saturated carbocycles. The maximum Gasteiger partial charge on any atom is 0.338 e. The Kier molecular flexibility index (Phi) is 5.30. The van der Waals surface area contributed by atoms with Crippen LogP contribution in [0.25, 0.3) is 11.4 Å². The number of thiophene rings is 1. The lowest BCUT2D eigenvalue weighted by Gasteiger charge is -2.10. The molecule has 3 aromatic rings. The zero-order valence-electron chi connectivity index (χ0n) is 13.7. The van der Waals surface area contributed by atoms with E-state index in [-0.39, 0.29) is 12.5 Å². The van der Waals surface area contributed by atoms with Crippen LogP contribution in [-0.4, -0.2) is 29.8 Å². The Labute approximate surface area is 148 Å². The van der Waals surface area contributed by atoms with Crippen LogP contribution in [0.5, 0.6) is 11.5 Å². The molecule has 0 bridgehead atoms. The topological polar surface area (TPSA) is 83.7 Å². The highest BCUT2D eigenvalue weighted by molar-refractivity contribution is 7.08. The number of esters is 1. The molecule has 7 nitrogen and oxygen atoms in total. The molecule has 0 aliphatic heterocycles. The van der Waals surface area contributed by atoms with E-state index in [2.05, 4.69) is 10.1 Å². The Bertz CT molecular complexity index is 845. The SMILES string of the molecule is CCOc1ccc(C(=O)OCc2nc(-c3ccsc3)no2)cc1OC. The fourth-order valence-corrected chi connectivity index (χ4v) is 2.74. The molecule has 0 saturated heterocycles. The van der Waals surface area contributed by atoms with Crippen LogP contribution in [0.1, 0.15) is 23.2 Å². The number of hydrogen-bond acceptors (Lipinski definition) is 8. The van der Waals surface area contributed by atoms with E-state index in [0.29, 0.717) is 29.5 Å². The van der Waals surface area contributed by atoms with Crippen LogP contribution < -0.4 is 9.47 Å². The molecular weight excluding hydrogens is 344 g/mol. The van der Waals surface area contributed by atoms with E-state index < -0.39 is 5.97 Å². The molecule has 0 radical (unpaired) electrons. The fraction of sp³-hybridized carbons (Fsp3) is 0.235. The Hall–Kier alpha value is -2.87. The number of ether oxygens (including phenoxy) is 3. The second-order valence-corrected chi connectivity index (χ2v) is 5.68. The molecule has 2 heterocycles. The minimum absolute atomic E-state index is 0.106. The Balaban J connectivity index is 1.64. The number of aromatic nitrogens is 2. The van der Waals surface area contributed by atoms with E-state index in [1.807, 2.05) is 23.8 Å². The molecule has 3 rings (SSSR count). The van der Waals surface area contributed by atoms with Gasteiger partial charge < -0.3 is 18.7 Å². The van der Waals surface area contributed by atoms with Crippen molar-refractivity contribution in [2.45, 2.75) is 13.5 Å². The minimum atomic E-state index is -0.517. The summed E-state index contributed by atoms with van der Waals surface area (Å²) in [5, 5.41) is 7.69. The third kappa shape index (κ3) is 3.97. The third-order valence-electron chi connectivity index (χ3n) is 3.27. The molecule has 1 aromatic carbocycles.